The van der Waals surface area contributed by atoms with Gasteiger partial charge < -0.3 is 20.6 Å². The number of oxime groups is 1. The Labute approximate surface area is 95.0 Å². The Hall–Kier alpha value is -1.30. The molecule has 0 aromatic rings. The molecule has 0 aliphatic carbocycles. The molecule has 2 atom stereocenters. The summed E-state index contributed by atoms with van der Waals surface area (Å²) in [5.41, 5.74) is 5.46. The van der Waals surface area contributed by atoms with Crippen molar-refractivity contribution in [2.24, 2.45) is 22.7 Å². The highest BCUT2D eigenvalue weighted by Crippen LogP contribution is 2.15. The summed E-state index contributed by atoms with van der Waals surface area (Å²) >= 11 is 0. The first kappa shape index (κ1) is 12.8. The lowest BCUT2D eigenvalue weighted by Gasteiger charge is -2.23. The Kier molecular flexibility index (Phi) is 4.54. The van der Waals surface area contributed by atoms with Crippen LogP contribution >= 0.6 is 0 Å². The lowest BCUT2D eigenvalue weighted by Crippen LogP contribution is -2.39. The predicted octanol–water partition coefficient (Wildman–Crippen LogP) is -0.136. The van der Waals surface area contributed by atoms with Crippen LogP contribution in [-0.4, -0.2) is 48.7 Å². The highest BCUT2D eigenvalue weighted by Gasteiger charge is 2.27. The fourth-order valence-corrected chi connectivity index (χ4v) is 1.73. The van der Waals surface area contributed by atoms with Crippen molar-refractivity contribution >= 4 is 11.7 Å². The van der Waals surface area contributed by atoms with Gasteiger partial charge in [-0.2, -0.15) is 0 Å². The zero-order valence-electron chi connectivity index (χ0n) is 9.72. The van der Waals surface area contributed by atoms with Crippen LogP contribution in [0.25, 0.3) is 0 Å². The maximum atomic E-state index is 11.9. The molecule has 3 N–H and O–H groups in total. The molecule has 0 radical (unpaired) electrons. The number of hydrogen-bond donors (Lipinski definition) is 2. The molecule has 2 unspecified atom stereocenters. The van der Waals surface area contributed by atoms with Crippen LogP contribution in [0.2, 0.25) is 0 Å². The molecule has 0 bridgehead atoms. The van der Waals surface area contributed by atoms with Crippen molar-refractivity contribution in [1.82, 2.24) is 4.90 Å². The number of ether oxygens (including phenoxy) is 1. The molecule has 1 amide bonds. The normalized spacial score (nSPS) is 23.1. The van der Waals surface area contributed by atoms with Crippen LogP contribution in [-0.2, 0) is 9.53 Å². The van der Waals surface area contributed by atoms with Crippen LogP contribution in [0, 0.1) is 11.8 Å². The molecule has 1 rings (SSSR count). The summed E-state index contributed by atoms with van der Waals surface area (Å²) in [6.45, 7) is 3.41. The fourth-order valence-electron chi connectivity index (χ4n) is 1.73. The van der Waals surface area contributed by atoms with Crippen LogP contribution in [0.4, 0.5) is 0 Å². The SMILES string of the molecule is CC(CN(C)C(=O)C1CCOC1)C(N)=NO. The van der Waals surface area contributed by atoms with E-state index in [1.807, 2.05) is 6.92 Å². The molecule has 1 saturated heterocycles. The molecule has 6 nitrogen and oxygen atoms in total. The number of nitrogens with zero attached hydrogens (tertiary/aromatic N) is 2. The second-order valence-electron chi connectivity index (χ2n) is 4.21. The number of carbonyl (C=O) groups excluding carboxylic acids is 1. The molecule has 0 spiro atoms. The average Bonchev–Trinajstić information content (AvgIpc) is 2.79. The molecule has 0 saturated carbocycles. The highest BCUT2D eigenvalue weighted by molar-refractivity contribution is 5.83. The van der Waals surface area contributed by atoms with Gasteiger partial charge in [-0.05, 0) is 6.42 Å². The quantitative estimate of drug-likeness (QED) is 0.304. The first-order chi connectivity index (χ1) is 7.56. The Bertz CT molecular complexity index is 274. The van der Waals surface area contributed by atoms with Crippen molar-refractivity contribution < 1.29 is 14.7 Å². The number of carbonyl (C=O) groups is 1. The van der Waals surface area contributed by atoms with E-state index in [9.17, 15) is 4.79 Å². The van der Waals surface area contributed by atoms with Gasteiger partial charge in [0.1, 0.15) is 5.84 Å². The monoisotopic (exact) mass is 229 g/mol. The molecule has 0 aromatic carbocycles. The summed E-state index contributed by atoms with van der Waals surface area (Å²) in [6, 6.07) is 0. The molecular formula is C10H19N3O3. The summed E-state index contributed by atoms with van der Waals surface area (Å²) < 4.78 is 5.17. The van der Waals surface area contributed by atoms with Crippen molar-refractivity contribution in [2.45, 2.75) is 13.3 Å². The minimum absolute atomic E-state index is 0.0375. The minimum atomic E-state index is -0.152. The zero-order chi connectivity index (χ0) is 12.1. The number of hydrogen-bond acceptors (Lipinski definition) is 4. The zero-order valence-corrected chi connectivity index (χ0v) is 9.72. The largest absolute Gasteiger partial charge is 0.409 e. The van der Waals surface area contributed by atoms with Crippen LogP contribution in [0.5, 0.6) is 0 Å². The van der Waals surface area contributed by atoms with Gasteiger partial charge in [-0.1, -0.05) is 12.1 Å². The number of rotatable bonds is 4. The van der Waals surface area contributed by atoms with Gasteiger partial charge >= 0.3 is 0 Å². The molecule has 1 heterocycles. The third kappa shape index (κ3) is 3.10. The number of nitrogens with two attached hydrogens (primary N) is 1. The Morgan fingerprint density at radius 2 is 2.44 bits per heavy atom. The van der Waals surface area contributed by atoms with Crippen molar-refractivity contribution in [2.75, 3.05) is 26.8 Å². The van der Waals surface area contributed by atoms with E-state index in [1.54, 1.807) is 11.9 Å². The molecular weight excluding hydrogens is 210 g/mol. The Morgan fingerprint density at radius 1 is 1.75 bits per heavy atom. The van der Waals surface area contributed by atoms with E-state index in [4.69, 9.17) is 15.7 Å². The van der Waals surface area contributed by atoms with Crippen LogP contribution < -0.4 is 5.73 Å². The van der Waals surface area contributed by atoms with Crippen LogP contribution in [0.15, 0.2) is 5.16 Å². The minimum Gasteiger partial charge on any atom is -0.409 e. The molecule has 6 heteroatoms. The van der Waals surface area contributed by atoms with Gasteiger partial charge in [-0.3, -0.25) is 4.79 Å². The molecule has 1 aliphatic rings. The number of amidine groups is 1. The fraction of sp³-hybridized carbons (Fsp3) is 0.800. The van der Waals surface area contributed by atoms with Crippen molar-refractivity contribution in [3.8, 4) is 0 Å². The third-order valence-corrected chi connectivity index (χ3v) is 2.82. The Morgan fingerprint density at radius 3 is 2.94 bits per heavy atom. The smallest absolute Gasteiger partial charge is 0.227 e. The Balaban J connectivity index is 2.44. The summed E-state index contributed by atoms with van der Waals surface area (Å²) in [6.07, 6.45) is 0.779. The van der Waals surface area contributed by atoms with Gasteiger partial charge in [0.25, 0.3) is 0 Å². The van der Waals surface area contributed by atoms with Gasteiger partial charge in [0.15, 0.2) is 0 Å². The number of amides is 1. The maximum absolute atomic E-state index is 11.9. The average molecular weight is 229 g/mol. The molecule has 16 heavy (non-hydrogen) atoms. The lowest BCUT2D eigenvalue weighted by atomic mass is 10.1. The molecule has 1 fully saturated rings. The second kappa shape index (κ2) is 5.69. The van der Waals surface area contributed by atoms with E-state index < -0.39 is 0 Å². The van der Waals surface area contributed by atoms with Crippen LogP contribution in [0.1, 0.15) is 13.3 Å². The van der Waals surface area contributed by atoms with Gasteiger partial charge in [-0.25, -0.2) is 0 Å². The third-order valence-electron chi connectivity index (χ3n) is 2.82. The topological polar surface area (TPSA) is 88.2 Å². The first-order valence-electron chi connectivity index (χ1n) is 5.36. The van der Waals surface area contributed by atoms with E-state index in [1.165, 1.54) is 0 Å². The van der Waals surface area contributed by atoms with Crippen LogP contribution in [0.3, 0.4) is 0 Å². The standard InChI is InChI=1S/C10H19N3O3/c1-7(9(11)12-15)5-13(2)10(14)8-3-4-16-6-8/h7-8,15H,3-6H2,1-2H3,(H2,11,12). The van der Waals surface area contributed by atoms with Gasteiger partial charge in [0.2, 0.25) is 5.91 Å². The predicted molar refractivity (Wildman–Crippen MR) is 59.1 cm³/mol. The maximum Gasteiger partial charge on any atom is 0.227 e. The summed E-state index contributed by atoms with van der Waals surface area (Å²) in [5.74, 6) is 0.0168. The first-order valence-corrected chi connectivity index (χ1v) is 5.36. The molecule has 92 valence electrons. The van der Waals surface area contributed by atoms with Gasteiger partial charge in [-0.15, -0.1) is 0 Å². The summed E-state index contributed by atoms with van der Waals surface area (Å²) in [4.78, 5) is 13.5. The highest BCUT2D eigenvalue weighted by atomic mass is 16.5. The van der Waals surface area contributed by atoms with Gasteiger partial charge in [0.05, 0.1) is 12.5 Å². The summed E-state index contributed by atoms with van der Waals surface area (Å²) in [7, 11) is 1.72. The lowest BCUT2D eigenvalue weighted by molar-refractivity contribution is -0.134. The summed E-state index contributed by atoms with van der Waals surface area (Å²) in [5, 5.41) is 11.4. The van der Waals surface area contributed by atoms with Crippen molar-refractivity contribution in [1.29, 1.82) is 0 Å². The van der Waals surface area contributed by atoms with E-state index in [0.717, 1.165) is 6.42 Å². The van der Waals surface area contributed by atoms with E-state index in [2.05, 4.69) is 5.16 Å². The van der Waals surface area contributed by atoms with Crippen molar-refractivity contribution in [3.63, 3.8) is 0 Å². The van der Waals surface area contributed by atoms with Gasteiger partial charge in [0, 0.05) is 26.1 Å². The molecule has 1 aliphatic heterocycles. The van der Waals surface area contributed by atoms with E-state index in [-0.39, 0.29) is 23.6 Å². The molecule has 0 aromatic heterocycles. The van der Waals surface area contributed by atoms with E-state index >= 15 is 0 Å². The van der Waals surface area contributed by atoms with E-state index in [0.29, 0.717) is 19.8 Å². The van der Waals surface area contributed by atoms with Crippen molar-refractivity contribution in [3.05, 3.63) is 0 Å². The second-order valence-corrected chi connectivity index (χ2v) is 4.21.